The van der Waals surface area contributed by atoms with Crippen LogP contribution >= 0.6 is 11.3 Å². The minimum absolute atomic E-state index is 0.108. The highest BCUT2D eigenvalue weighted by Crippen LogP contribution is 2.22. The molecule has 1 aliphatic heterocycles. The molecule has 8 nitrogen and oxygen atoms in total. The van der Waals surface area contributed by atoms with Gasteiger partial charge in [0.1, 0.15) is 12.1 Å². The second-order valence-electron chi connectivity index (χ2n) is 6.94. The van der Waals surface area contributed by atoms with E-state index in [1.54, 1.807) is 17.5 Å². The van der Waals surface area contributed by atoms with Crippen LogP contribution in [0.25, 0.3) is 0 Å². The number of nitrogens with zero attached hydrogens (tertiary/aromatic N) is 1. The number of likely N-dealkylation sites (tertiary alicyclic amines) is 1. The van der Waals surface area contributed by atoms with E-state index < -0.39 is 29.9 Å². The van der Waals surface area contributed by atoms with Crippen molar-refractivity contribution in [2.24, 2.45) is 5.92 Å². The maximum atomic E-state index is 12.5. The van der Waals surface area contributed by atoms with Crippen molar-refractivity contribution >= 4 is 35.0 Å². The lowest BCUT2D eigenvalue weighted by molar-refractivity contribution is -0.142. The Balaban J connectivity index is 1.87. The molecule has 27 heavy (non-hydrogen) atoms. The Morgan fingerprint density at radius 3 is 2.67 bits per heavy atom. The average Bonchev–Trinajstić information content (AvgIpc) is 3.29. The normalized spacial score (nSPS) is 17.6. The number of carbonyl (C=O) groups excluding carboxylic acids is 3. The second-order valence-corrected chi connectivity index (χ2v) is 7.89. The molecule has 1 fully saturated rings. The smallest absolute Gasteiger partial charge is 0.326 e. The Bertz CT molecular complexity index is 689. The summed E-state index contributed by atoms with van der Waals surface area (Å²) in [5, 5.41) is 15.9. The molecule has 2 heterocycles. The van der Waals surface area contributed by atoms with Crippen molar-refractivity contribution in [2.45, 2.75) is 45.2 Å². The number of rotatable bonds is 8. The predicted molar refractivity (Wildman–Crippen MR) is 100 cm³/mol. The third kappa shape index (κ3) is 5.78. The summed E-state index contributed by atoms with van der Waals surface area (Å²) >= 11 is 1.32. The molecular formula is C18H25N3O5S. The van der Waals surface area contributed by atoms with Crippen LogP contribution < -0.4 is 10.6 Å². The number of carboxylic acids is 1. The van der Waals surface area contributed by atoms with Gasteiger partial charge in [0.15, 0.2) is 0 Å². The predicted octanol–water partition coefficient (Wildman–Crippen LogP) is 1.08. The summed E-state index contributed by atoms with van der Waals surface area (Å²) in [7, 11) is 0. The van der Waals surface area contributed by atoms with Crippen LogP contribution in [-0.4, -0.2) is 58.9 Å². The van der Waals surface area contributed by atoms with Gasteiger partial charge in [-0.15, -0.1) is 11.3 Å². The lowest BCUT2D eigenvalue weighted by Gasteiger charge is -2.23. The van der Waals surface area contributed by atoms with Gasteiger partial charge >= 0.3 is 5.97 Å². The standard InChI is InChI=1S/C18H25N3O5S/c1-11(2)9-12(18(25)26)20-15(22)10-19-16(23)13-5-3-7-21(13)17(24)14-6-4-8-27-14/h4,6,8,11-13H,3,5,7,9-10H2,1-2H3,(H,19,23)(H,20,22)(H,25,26)/t12-,13?/m0/s1. The Morgan fingerprint density at radius 1 is 1.33 bits per heavy atom. The van der Waals surface area contributed by atoms with E-state index in [0.29, 0.717) is 24.3 Å². The number of hydrogen-bond acceptors (Lipinski definition) is 5. The van der Waals surface area contributed by atoms with E-state index in [1.165, 1.54) is 16.2 Å². The van der Waals surface area contributed by atoms with Crippen molar-refractivity contribution in [1.29, 1.82) is 0 Å². The third-order valence-corrected chi connectivity index (χ3v) is 5.17. The highest BCUT2D eigenvalue weighted by atomic mass is 32.1. The first-order valence-electron chi connectivity index (χ1n) is 8.94. The quantitative estimate of drug-likeness (QED) is 0.609. The van der Waals surface area contributed by atoms with E-state index in [-0.39, 0.29) is 18.4 Å². The fourth-order valence-corrected chi connectivity index (χ4v) is 3.73. The Kier molecular flexibility index (Phi) is 7.35. The van der Waals surface area contributed by atoms with Crippen LogP contribution in [-0.2, 0) is 14.4 Å². The third-order valence-electron chi connectivity index (χ3n) is 4.31. The van der Waals surface area contributed by atoms with Gasteiger partial charge in [0, 0.05) is 6.54 Å². The number of carbonyl (C=O) groups is 4. The van der Waals surface area contributed by atoms with Crippen LogP contribution in [0.2, 0.25) is 0 Å². The molecule has 0 aromatic carbocycles. The molecule has 2 atom stereocenters. The van der Waals surface area contributed by atoms with Gasteiger partial charge in [-0.05, 0) is 36.6 Å². The number of thiophene rings is 1. The van der Waals surface area contributed by atoms with E-state index in [0.717, 1.165) is 6.42 Å². The largest absolute Gasteiger partial charge is 0.480 e. The molecule has 0 aliphatic carbocycles. The summed E-state index contributed by atoms with van der Waals surface area (Å²) in [5.41, 5.74) is 0. The zero-order valence-corrected chi connectivity index (χ0v) is 16.3. The average molecular weight is 395 g/mol. The molecule has 0 saturated carbocycles. The highest BCUT2D eigenvalue weighted by Gasteiger charge is 2.35. The maximum absolute atomic E-state index is 12.5. The van der Waals surface area contributed by atoms with Gasteiger partial charge in [-0.25, -0.2) is 4.79 Å². The van der Waals surface area contributed by atoms with Crippen molar-refractivity contribution in [1.82, 2.24) is 15.5 Å². The monoisotopic (exact) mass is 395 g/mol. The van der Waals surface area contributed by atoms with E-state index in [2.05, 4.69) is 10.6 Å². The molecule has 9 heteroatoms. The Labute approximate surface area is 161 Å². The van der Waals surface area contributed by atoms with E-state index in [4.69, 9.17) is 5.11 Å². The number of hydrogen-bond donors (Lipinski definition) is 3. The van der Waals surface area contributed by atoms with Crippen LogP contribution in [0.4, 0.5) is 0 Å². The van der Waals surface area contributed by atoms with Crippen LogP contribution in [0.3, 0.4) is 0 Å². The summed E-state index contributed by atoms with van der Waals surface area (Å²) in [6.07, 6.45) is 1.56. The summed E-state index contributed by atoms with van der Waals surface area (Å²) in [6.45, 7) is 3.90. The lowest BCUT2D eigenvalue weighted by atomic mass is 10.0. The van der Waals surface area contributed by atoms with Crippen molar-refractivity contribution in [3.8, 4) is 0 Å². The number of carboxylic acid groups (broad SMARTS) is 1. The minimum atomic E-state index is -1.10. The maximum Gasteiger partial charge on any atom is 0.326 e. The summed E-state index contributed by atoms with van der Waals surface area (Å²) in [6, 6.07) is 1.90. The molecule has 1 aliphatic rings. The van der Waals surface area contributed by atoms with Crippen molar-refractivity contribution < 1.29 is 24.3 Å². The van der Waals surface area contributed by atoms with E-state index >= 15 is 0 Å². The van der Waals surface area contributed by atoms with Gasteiger partial charge in [-0.1, -0.05) is 19.9 Å². The SMILES string of the molecule is CC(C)C[C@H](NC(=O)CNC(=O)C1CCCN1C(=O)c1cccs1)C(=O)O. The van der Waals surface area contributed by atoms with Gasteiger partial charge < -0.3 is 20.6 Å². The zero-order valence-electron chi connectivity index (χ0n) is 15.4. The molecule has 1 saturated heterocycles. The van der Waals surface area contributed by atoms with Crippen LogP contribution in [0, 0.1) is 5.92 Å². The van der Waals surface area contributed by atoms with Crippen LogP contribution in [0.15, 0.2) is 17.5 Å². The fourth-order valence-electron chi connectivity index (χ4n) is 3.05. The van der Waals surface area contributed by atoms with Gasteiger partial charge in [-0.3, -0.25) is 14.4 Å². The Hall–Kier alpha value is -2.42. The molecule has 1 aromatic rings. The van der Waals surface area contributed by atoms with E-state index in [1.807, 2.05) is 13.8 Å². The first-order chi connectivity index (χ1) is 12.8. The molecule has 1 aromatic heterocycles. The van der Waals surface area contributed by atoms with Gasteiger partial charge in [0.2, 0.25) is 11.8 Å². The Morgan fingerprint density at radius 2 is 2.07 bits per heavy atom. The van der Waals surface area contributed by atoms with Gasteiger partial charge in [-0.2, -0.15) is 0 Å². The molecular weight excluding hydrogens is 370 g/mol. The number of aliphatic carboxylic acids is 1. The second kappa shape index (κ2) is 9.50. The molecule has 0 bridgehead atoms. The zero-order chi connectivity index (χ0) is 20.0. The first-order valence-corrected chi connectivity index (χ1v) is 9.82. The lowest BCUT2D eigenvalue weighted by Crippen LogP contribution is -2.50. The van der Waals surface area contributed by atoms with Gasteiger partial charge in [0.05, 0.1) is 11.4 Å². The molecule has 0 radical (unpaired) electrons. The minimum Gasteiger partial charge on any atom is -0.480 e. The highest BCUT2D eigenvalue weighted by molar-refractivity contribution is 7.12. The number of amides is 3. The van der Waals surface area contributed by atoms with Crippen LogP contribution in [0.1, 0.15) is 42.8 Å². The molecule has 148 valence electrons. The first kappa shape index (κ1) is 20.9. The molecule has 0 spiro atoms. The molecule has 3 N–H and O–H groups in total. The van der Waals surface area contributed by atoms with Crippen LogP contribution in [0.5, 0.6) is 0 Å². The summed E-state index contributed by atoms with van der Waals surface area (Å²) in [4.78, 5) is 50.2. The molecule has 2 rings (SSSR count). The van der Waals surface area contributed by atoms with Crippen molar-refractivity contribution in [2.75, 3.05) is 13.1 Å². The van der Waals surface area contributed by atoms with E-state index in [9.17, 15) is 19.2 Å². The molecule has 1 unspecified atom stereocenters. The fraction of sp³-hybridized carbons (Fsp3) is 0.556. The molecule has 3 amide bonds. The summed E-state index contributed by atoms with van der Waals surface area (Å²) in [5.74, 6) is -2.15. The summed E-state index contributed by atoms with van der Waals surface area (Å²) < 4.78 is 0. The van der Waals surface area contributed by atoms with Crippen molar-refractivity contribution in [3.63, 3.8) is 0 Å². The number of nitrogens with one attached hydrogen (secondary N) is 2. The van der Waals surface area contributed by atoms with Gasteiger partial charge in [0.25, 0.3) is 5.91 Å². The topological polar surface area (TPSA) is 116 Å². The van der Waals surface area contributed by atoms with Crippen molar-refractivity contribution in [3.05, 3.63) is 22.4 Å².